The van der Waals surface area contributed by atoms with Gasteiger partial charge in [0.1, 0.15) is 6.54 Å². The highest BCUT2D eigenvalue weighted by molar-refractivity contribution is 7.99. The molecule has 1 aliphatic rings. The molecule has 3 aromatic carbocycles. The Morgan fingerprint density at radius 2 is 1.71 bits per heavy atom. The zero-order valence-corrected chi connectivity index (χ0v) is 24.3. The Hall–Kier alpha value is -3.90. The molecule has 11 heteroatoms. The Kier molecular flexibility index (Phi) is 11.4. The summed E-state index contributed by atoms with van der Waals surface area (Å²) in [5, 5.41) is 17.4. The van der Waals surface area contributed by atoms with E-state index in [2.05, 4.69) is 16.0 Å². The van der Waals surface area contributed by atoms with E-state index in [-0.39, 0.29) is 37.9 Å². The van der Waals surface area contributed by atoms with Crippen molar-refractivity contribution < 1.29 is 33.7 Å². The molecule has 10 nitrogen and oxygen atoms in total. The lowest BCUT2D eigenvalue weighted by atomic mass is 10.0. The van der Waals surface area contributed by atoms with Crippen LogP contribution in [0.15, 0.2) is 77.7 Å². The third-order valence-electron chi connectivity index (χ3n) is 6.34. The first-order valence-electron chi connectivity index (χ1n) is 13.6. The van der Waals surface area contributed by atoms with Crippen molar-refractivity contribution in [2.45, 2.75) is 50.3 Å². The Bertz CT molecular complexity index is 1350. The molecule has 3 atom stereocenters. The highest BCUT2D eigenvalue weighted by atomic mass is 32.2. The second-order valence-corrected chi connectivity index (χ2v) is 10.7. The number of nitrogens with one attached hydrogen (secondary N) is 3. The van der Waals surface area contributed by atoms with Gasteiger partial charge in [0.25, 0.3) is 0 Å². The Balaban J connectivity index is 1.46. The van der Waals surface area contributed by atoms with Crippen LogP contribution in [0.2, 0.25) is 0 Å². The van der Waals surface area contributed by atoms with Gasteiger partial charge in [-0.3, -0.25) is 9.59 Å². The van der Waals surface area contributed by atoms with Crippen molar-refractivity contribution in [2.75, 3.05) is 29.5 Å². The maximum Gasteiger partial charge on any atom is 0.325 e. The zero-order valence-electron chi connectivity index (χ0n) is 23.5. The van der Waals surface area contributed by atoms with Gasteiger partial charge in [-0.15, -0.1) is 11.8 Å². The highest BCUT2D eigenvalue weighted by Gasteiger charge is 2.32. The van der Waals surface area contributed by atoms with E-state index in [4.69, 9.17) is 14.2 Å². The van der Waals surface area contributed by atoms with Crippen molar-refractivity contribution in [3.05, 3.63) is 89.5 Å². The maximum absolute atomic E-state index is 12.3. The number of hydrogen-bond acceptors (Lipinski definition) is 8. The van der Waals surface area contributed by atoms with Crippen LogP contribution in [-0.4, -0.2) is 48.0 Å². The van der Waals surface area contributed by atoms with E-state index >= 15 is 0 Å². The highest BCUT2D eigenvalue weighted by Crippen LogP contribution is 2.40. The summed E-state index contributed by atoms with van der Waals surface area (Å²) in [4.78, 5) is 36.2. The second-order valence-electron chi connectivity index (χ2n) is 9.60. The third kappa shape index (κ3) is 9.31. The lowest BCUT2D eigenvalue weighted by Crippen LogP contribution is -2.34. The maximum atomic E-state index is 12.3. The predicted molar refractivity (Wildman–Crippen MR) is 160 cm³/mol. The topological polar surface area (TPSA) is 135 Å². The van der Waals surface area contributed by atoms with Gasteiger partial charge >= 0.3 is 12.0 Å². The predicted octanol–water partition coefficient (Wildman–Crippen LogP) is 5.16. The molecule has 3 aromatic rings. The Morgan fingerprint density at radius 1 is 0.952 bits per heavy atom. The molecular weight excluding hydrogens is 558 g/mol. The zero-order chi connectivity index (χ0) is 29.9. The SMILES string of the molecule is CCOC(=O)CNC(=O)Nc1cccc(C2OC(CSc3ccc(NC(C)=O)cc3)CC(c3ccc(CO)cc3)O2)c1. The van der Waals surface area contributed by atoms with Crippen LogP contribution >= 0.6 is 11.8 Å². The normalized spacial score (nSPS) is 18.1. The molecule has 0 saturated carbocycles. The quantitative estimate of drug-likeness (QED) is 0.177. The van der Waals surface area contributed by atoms with E-state index in [1.807, 2.05) is 54.6 Å². The van der Waals surface area contributed by atoms with Crippen molar-refractivity contribution in [3.8, 4) is 0 Å². The van der Waals surface area contributed by atoms with Crippen LogP contribution in [0.4, 0.5) is 16.2 Å². The van der Waals surface area contributed by atoms with Crippen molar-refractivity contribution in [1.29, 1.82) is 0 Å². The molecule has 222 valence electrons. The number of anilines is 2. The summed E-state index contributed by atoms with van der Waals surface area (Å²) in [6, 6.07) is 21.9. The minimum absolute atomic E-state index is 0.0370. The average molecular weight is 594 g/mol. The summed E-state index contributed by atoms with van der Waals surface area (Å²) in [7, 11) is 0. The molecule has 4 rings (SSSR count). The van der Waals surface area contributed by atoms with Crippen LogP contribution in [0.5, 0.6) is 0 Å². The van der Waals surface area contributed by atoms with E-state index in [1.54, 1.807) is 36.9 Å². The van der Waals surface area contributed by atoms with Gasteiger partial charge in [0.2, 0.25) is 5.91 Å². The lowest BCUT2D eigenvalue weighted by Gasteiger charge is -2.36. The molecule has 0 spiro atoms. The first-order chi connectivity index (χ1) is 20.3. The number of carbonyl (C=O) groups is 3. The number of hydrogen-bond donors (Lipinski definition) is 4. The molecule has 3 amide bonds. The number of esters is 1. The van der Waals surface area contributed by atoms with Crippen molar-refractivity contribution in [2.24, 2.45) is 0 Å². The molecule has 1 heterocycles. The Labute approximate surface area is 249 Å². The first kappa shape index (κ1) is 31.0. The van der Waals surface area contributed by atoms with Crippen molar-refractivity contribution >= 4 is 41.0 Å². The molecule has 0 aromatic heterocycles. The van der Waals surface area contributed by atoms with Gasteiger partial charge in [-0.1, -0.05) is 36.4 Å². The minimum atomic E-state index is -0.696. The fourth-order valence-electron chi connectivity index (χ4n) is 4.35. The fraction of sp³-hybridized carbons (Fsp3) is 0.323. The molecule has 1 aliphatic heterocycles. The number of rotatable bonds is 11. The van der Waals surface area contributed by atoms with E-state index < -0.39 is 18.3 Å². The van der Waals surface area contributed by atoms with Gasteiger partial charge in [-0.2, -0.15) is 0 Å². The monoisotopic (exact) mass is 593 g/mol. The first-order valence-corrected chi connectivity index (χ1v) is 14.6. The van der Waals surface area contributed by atoms with Crippen LogP contribution in [0, 0.1) is 0 Å². The van der Waals surface area contributed by atoms with Gasteiger partial charge in [0.05, 0.1) is 25.4 Å². The number of carbonyl (C=O) groups excluding carboxylic acids is 3. The third-order valence-corrected chi connectivity index (χ3v) is 7.48. The fourth-order valence-corrected chi connectivity index (χ4v) is 5.27. The summed E-state index contributed by atoms with van der Waals surface area (Å²) >= 11 is 1.65. The van der Waals surface area contributed by atoms with E-state index in [0.29, 0.717) is 17.9 Å². The molecule has 0 aliphatic carbocycles. The minimum Gasteiger partial charge on any atom is -0.465 e. The van der Waals surface area contributed by atoms with Crippen molar-refractivity contribution in [1.82, 2.24) is 5.32 Å². The van der Waals surface area contributed by atoms with E-state index in [1.165, 1.54) is 6.92 Å². The average Bonchev–Trinajstić information content (AvgIpc) is 2.99. The van der Waals surface area contributed by atoms with E-state index in [9.17, 15) is 19.5 Å². The number of amides is 3. The van der Waals surface area contributed by atoms with Crippen LogP contribution in [0.1, 0.15) is 49.4 Å². The molecular formula is C31H35N3O7S. The standard InChI is InChI=1S/C31H35N3O7S/c1-3-39-29(37)17-32-31(38)34-25-6-4-5-23(15-25)30-40-26(16-28(41-30)22-9-7-21(18-35)8-10-22)19-42-27-13-11-24(12-14-27)33-20(2)36/h4-15,26,28,30,35H,3,16-19H2,1-2H3,(H,33,36)(H2,32,34,38). The summed E-state index contributed by atoms with van der Waals surface area (Å²) in [5.41, 5.74) is 3.77. The Morgan fingerprint density at radius 3 is 2.40 bits per heavy atom. The number of urea groups is 1. The van der Waals surface area contributed by atoms with Gasteiger partial charge in [0, 0.05) is 40.9 Å². The molecule has 0 radical (unpaired) electrons. The number of benzene rings is 3. The smallest absolute Gasteiger partial charge is 0.325 e. The van der Waals surface area contributed by atoms with Crippen LogP contribution in [-0.2, 0) is 30.4 Å². The second kappa shape index (κ2) is 15.4. The number of aliphatic hydroxyl groups is 1. The van der Waals surface area contributed by atoms with E-state index in [0.717, 1.165) is 27.3 Å². The largest absolute Gasteiger partial charge is 0.465 e. The van der Waals surface area contributed by atoms with Gasteiger partial charge in [0.15, 0.2) is 6.29 Å². The van der Waals surface area contributed by atoms with Gasteiger partial charge in [-0.25, -0.2) is 4.79 Å². The van der Waals surface area contributed by atoms with Gasteiger partial charge < -0.3 is 35.3 Å². The summed E-state index contributed by atoms with van der Waals surface area (Å²) in [6.45, 7) is 3.14. The summed E-state index contributed by atoms with van der Waals surface area (Å²) < 4.78 is 17.6. The number of thioether (sulfide) groups is 1. The summed E-state index contributed by atoms with van der Waals surface area (Å²) in [5.74, 6) is 0.0291. The van der Waals surface area contributed by atoms with Crippen LogP contribution in [0.3, 0.4) is 0 Å². The van der Waals surface area contributed by atoms with Gasteiger partial charge in [-0.05, 0) is 54.4 Å². The summed E-state index contributed by atoms with van der Waals surface area (Å²) in [6.07, 6.45) is -0.483. The number of aliphatic hydroxyl groups excluding tert-OH is 1. The molecule has 1 fully saturated rings. The molecule has 3 unspecified atom stereocenters. The lowest BCUT2D eigenvalue weighted by molar-refractivity contribution is -0.245. The molecule has 0 bridgehead atoms. The van der Waals surface area contributed by atoms with Crippen molar-refractivity contribution in [3.63, 3.8) is 0 Å². The molecule has 42 heavy (non-hydrogen) atoms. The molecule has 4 N–H and O–H groups in total. The molecule has 1 saturated heterocycles. The van der Waals surface area contributed by atoms with Crippen LogP contribution in [0.25, 0.3) is 0 Å². The van der Waals surface area contributed by atoms with Crippen LogP contribution < -0.4 is 16.0 Å². The number of ether oxygens (including phenoxy) is 3.